The summed E-state index contributed by atoms with van der Waals surface area (Å²) in [7, 11) is 1.34. The van der Waals surface area contributed by atoms with Crippen molar-refractivity contribution in [1.29, 1.82) is 0 Å². The van der Waals surface area contributed by atoms with Gasteiger partial charge in [-0.05, 0) is 36.8 Å². The molecule has 0 radical (unpaired) electrons. The molecule has 1 unspecified atom stereocenters. The van der Waals surface area contributed by atoms with Crippen LogP contribution in [0.1, 0.15) is 23.4 Å². The molecule has 2 N–H and O–H groups in total. The lowest BCUT2D eigenvalue weighted by atomic mass is 10.2. The van der Waals surface area contributed by atoms with Crippen molar-refractivity contribution in [3.05, 3.63) is 51.2 Å². The first-order valence-electron chi connectivity index (χ1n) is 6.51. The van der Waals surface area contributed by atoms with Crippen molar-refractivity contribution in [1.82, 2.24) is 5.32 Å². The Morgan fingerprint density at radius 3 is 2.57 bits per heavy atom. The van der Waals surface area contributed by atoms with Crippen LogP contribution in [0.4, 0.5) is 10.5 Å². The first-order valence-corrected chi connectivity index (χ1v) is 7.70. The maximum atomic E-state index is 11.1. The number of benzene rings is 1. The van der Waals surface area contributed by atoms with Gasteiger partial charge in [-0.15, -0.1) is 11.3 Å². The zero-order chi connectivity index (χ0) is 15.2. The Kier molecular flexibility index (Phi) is 5.61. The van der Waals surface area contributed by atoms with Crippen LogP contribution in [0.2, 0.25) is 4.34 Å². The van der Waals surface area contributed by atoms with Crippen LogP contribution in [-0.4, -0.2) is 13.2 Å². The predicted octanol–water partition coefficient (Wildman–Crippen LogP) is 4.43. The molecule has 0 spiro atoms. The molecule has 21 heavy (non-hydrogen) atoms. The minimum absolute atomic E-state index is 0.246. The number of thiophene rings is 1. The molecule has 0 fully saturated rings. The Morgan fingerprint density at radius 2 is 2.00 bits per heavy atom. The van der Waals surface area contributed by atoms with Crippen LogP contribution >= 0.6 is 22.9 Å². The van der Waals surface area contributed by atoms with Gasteiger partial charge < -0.3 is 10.1 Å². The third kappa shape index (κ3) is 4.74. The summed E-state index contributed by atoms with van der Waals surface area (Å²) in [5, 5.41) is 6.06. The highest BCUT2D eigenvalue weighted by atomic mass is 35.5. The smallest absolute Gasteiger partial charge is 0.411 e. The van der Waals surface area contributed by atoms with Crippen LogP contribution in [0.3, 0.4) is 0 Å². The van der Waals surface area contributed by atoms with Crippen molar-refractivity contribution in [2.24, 2.45) is 0 Å². The van der Waals surface area contributed by atoms with Gasteiger partial charge in [-0.3, -0.25) is 5.32 Å². The summed E-state index contributed by atoms with van der Waals surface area (Å²) in [6.45, 7) is 2.85. The first-order chi connectivity index (χ1) is 10.1. The fourth-order valence-electron chi connectivity index (χ4n) is 1.81. The number of rotatable bonds is 5. The van der Waals surface area contributed by atoms with E-state index < -0.39 is 6.09 Å². The zero-order valence-electron chi connectivity index (χ0n) is 11.9. The van der Waals surface area contributed by atoms with E-state index in [1.807, 2.05) is 36.4 Å². The SMILES string of the molecule is COC(=O)Nc1ccc(CNC(C)c2ccc(Cl)s2)cc1. The Balaban J connectivity index is 1.87. The number of carbonyl (C=O) groups excluding carboxylic acids is 1. The van der Waals surface area contributed by atoms with Gasteiger partial charge in [0.2, 0.25) is 0 Å². The summed E-state index contributed by atoms with van der Waals surface area (Å²) in [5.74, 6) is 0. The van der Waals surface area contributed by atoms with Crippen molar-refractivity contribution in [3.63, 3.8) is 0 Å². The number of nitrogens with one attached hydrogen (secondary N) is 2. The van der Waals surface area contributed by atoms with Crippen molar-refractivity contribution in [2.45, 2.75) is 19.5 Å². The van der Waals surface area contributed by atoms with Crippen LogP contribution in [0.15, 0.2) is 36.4 Å². The van der Waals surface area contributed by atoms with Gasteiger partial charge in [0.05, 0.1) is 11.4 Å². The van der Waals surface area contributed by atoms with Gasteiger partial charge in [0.25, 0.3) is 0 Å². The van der Waals surface area contributed by atoms with E-state index in [9.17, 15) is 4.79 Å². The standard InChI is InChI=1S/C15H17ClN2O2S/c1-10(13-7-8-14(16)21-13)17-9-11-3-5-12(6-4-11)18-15(19)20-2/h3-8,10,17H,9H2,1-2H3,(H,18,19). The third-order valence-corrected chi connectivity index (χ3v) is 4.43. The average Bonchev–Trinajstić information content (AvgIpc) is 2.92. The van der Waals surface area contributed by atoms with Crippen LogP contribution in [0.25, 0.3) is 0 Å². The van der Waals surface area contributed by atoms with Gasteiger partial charge in [0.15, 0.2) is 0 Å². The summed E-state index contributed by atoms with van der Waals surface area (Å²) in [4.78, 5) is 12.3. The topological polar surface area (TPSA) is 50.4 Å². The lowest BCUT2D eigenvalue weighted by Gasteiger charge is -2.12. The summed E-state index contributed by atoms with van der Waals surface area (Å²) in [6.07, 6.45) is -0.468. The quantitative estimate of drug-likeness (QED) is 0.855. The maximum Gasteiger partial charge on any atom is 0.411 e. The number of methoxy groups -OCH3 is 1. The summed E-state index contributed by atoms with van der Waals surface area (Å²) in [6, 6.07) is 11.8. The van der Waals surface area contributed by atoms with E-state index >= 15 is 0 Å². The van der Waals surface area contributed by atoms with Crippen LogP contribution in [-0.2, 0) is 11.3 Å². The second kappa shape index (κ2) is 7.45. The molecule has 112 valence electrons. The number of carbonyl (C=O) groups is 1. The molecular weight excluding hydrogens is 308 g/mol. The maximum absolute atomic E-state index is 11.1. The van der Waals surface area contributed by atoms with Crippen LogP contribution in [0, 0.1) is 0 Å². The number of amides is 1. The molecule has 1 aromatic carbocycles. The van der Waals surface area contributed by atoms with Gasteiger partial charge in [-0.25, -0.2) is 4.79 Å². The van der Waals surface area contributed by atoms with Gasteiger partial charge in [0.1, 0.15) is 0 Å². The molecular formula is C15H17ClN2O2S. The molecule has 0 aliphatic rings. The molecule has 1 heterocycles. The Bertz CT molecular complexity index is 598. The monoisotopic (exact) mass is 324 g/mol. The lowest BCUT2D eigenvalue weighted by Crippen LogP contribution is -2.17. The lowest BCUT2D eigenvalue weighted by molar-refractivity contribution is 0.187. The molecule has 0 bridgehead atoms. The minimum Gasteiger partial charge on any atom is -0.453 e. The molecule has 0 saturated heterocycles. The second-order valence-electron chi connectivity index (χ2n) is 4.56. The number of hydrogen-bond donors (Lipinski definition) is 2. The van der Waals surface area contributed by atoms with E-state index in [0.29, 0.717) is 5.69 Å². The Hall–Kier alpha value is -1.56. The molecule has 2 rings (SSSR count). The van der Waals surface area contributed by atoms with Crippen molar-refractivity contribution >= 4 is 34.7 Å². The predicted molar refractivity (Wildman–Crippen MR) is 87.1 cm³/mol. The Labute approximate surface area is 133 Å². The normalized spacial score (nSPS) is 12.0. The van der Waals surface area contributed by atoms with Crippen molar-refractivity contribution in [2.75, 3.05) is 12.4 Å². The number of ether oxygens (including phenoxy) is 1. The van der Waals surface area contributed by atoms with Gasteiger partial charge in [-0.2, -0.15) is 0 Å². The molecule has 6 heteroatoms. The average molecular weight is 325 g/mol. The largest absolute Gasteiger partial charge is 0.453 e. The molecule has 1 amide bonds. The number of anilines is 1. The highest BCUT2D eigenvalue weighted by molar-refractivity contribution is 7.16. The summed E-state index contributed by atoms with van der Waals surface area (Å²) >= 11 is 7.52. The van der Waals surface area contributed by atoms with Crippen LogP contribution < -0.4 is 10.6 Å². The molecule has 0 aliphatic heterocycles. The highest BCUT2D eigenvalue weighted by Gasteiger charge is 2.07. The first kappa shape index (κ1) is 15.8. The molecule has 1 atom stereocenters. The minimum atomic E-state index is -0.468. The number of hydrogen-bond acceptors (Lipinski definition) is 4. The number of halogens is 1. The van der Waals surface area contributed by atoms with Gasteiger partial charge in [-0.1, -0.05) is 23.7 Å². The van der Waals surface area contributed by atoms with Crippen molar-refractivity contribution < 1.29 is 9.53 Å². The summed E-state index contributed by atoms with van der Waals surface area (Å²) in [5.41, 5.74) is 1.85. The molecule has 0 aliphatic carbocycles. The van der Waals surface area contributed by atoms with Crippen molar-refractivity contribution in [3.8, 4) is 0 Å². The molecule has 0 saturated carbocycles. The van der Waals surface area contributed by atoms with E-state index in [2.05, 4.69) is 22.3 Å². The fourth-order valence-corrected chi connectivity index (χ4v) is 2.90. The highest BCUT2D eigenvalue weighted by Crippen LogP contribution is 2.26. The third-order valence-electron chi connectivity index (χ3n) is 3.02. The zero-order valence-corrected chi connectivity index (χ0v) is 13.4. The van der Waals surface area contributed by atoms with E-state index in [1.165, 1.54) is 12.0 Å². The van der Waals surface area contributed by atoms with Gasteiger partial charge in [0, 0.05) is 23.2 Å². The fraction of sp³-hybridized carbons (Fsp3) is 0.267. The molecule has 2 aromatic rings. The van der Waals surface area contributed by atoms with Crippen LogP contribution in [0.5, 0.6) is 0 Å². The van der Waals surface area contributed by atoms with E-state index in [-0.39, 0.29) is 6.04 Å². The second-order valence-corrected chi connectivity index (χ2v) is 6.30. The molecule has 4 nitrogen and oxygen atoms in total. The molecule has 1 aromatic heterocycles. The van der Waals surface area contributed by atoms with Gasteiger partial charge >= 0.3 is 6.09 Å². The summed E-state index contributed by atoms with van der Waals surface area (Å²) < 4.78 is 5.34. The van der Waals surface area contributed by atoms with E-state index in [4.69, 9.17) is 11.6 Å². The van der Waals surface area contributed by atoms with E-state index in [1.54, 1.807) is 11.3 Å². The van der Waals surface area contributed by atoms with E-state index in [0.717, 1.165) is 16.4 Å². The Morgan fingerprint density at radius 1 is 1.29 bits per heavy atom.